The quantitative estimate of drug-likeness (QED) is 0.350. The second-order valence-electron chi connectivity index (χ2n) is 5.38. The minimum absolute atomic E-state index is 0.740. The van der Waals surface area contributed by atoms with Gasteiger partial charge in [0.1, 0.15) is 0 Å². The summed E-state index contributed by atoms with van der Waals surface area (Å²) in [5, 5.41) is 0.740. The van der Waals surface area contributed by atoms with Crippen molar-refractivity contribution in [2.75, 3.05) is 0 Å². The van der Waals surface area contributed by atoms with Gasteiger partial charge in [-0.15, -0.1) is 0 Å². The summed E-state index contributed by atoms with van der Waals surface area (Å²) < 4.78 is 3.38. The minimum Gasteiger partial charge on any atom is -0.318 e. The van der Waals surface area contributed by atoms with Gasteiger partial charge in [0, 0.05) is 37.4 Å². The van der Waals surface area contributed by atoms with Gasteiger partial charge in [-0.25, -0.2) is 0 Å². The molecule has 1 aromatic heterocycles. The zero-order chi connectivity index (χ0) is 16.4. The largest absolute Gasteiger partial charge is 0.318 e. The van der Waals surface area contributed by atoms with E-state index < -0.39 is 0 Å². The third-order valence-electron chi connectivity index (χ3n) is 3.70. The van der Waals surface area contributed by atoms with Crippen LogP contribution in [0.25, 0.3) is 5.69 Å². The van der Waals surface area contributed by atoms with Crippen LogP contribution >= 0.6 is 34.2 Å². The molecular formula is C19H16ClIN2. The van der Waals surface area contributed by atoms with Crippen LogP contribution in [0.3, 0.4) is 0 Å². The molecule has 4 heteroatoms. The van der Waals surface area contributed by atoms with E-state index in [0.29, 0.717) is 0 Å². The highest BCUT2D eigenvalue weighted by molar-refractivity contribution is 14.1. The number of halogens is 2. The van der Waals surface area contributed by atoms with Gasteiger partial charge in [0.15, 0.2) is 0 Å². The second-order valence-corrected chi connectivity index (χ2v) is 7.06. The van der Waals surface area contributed by atoms with Crippen molar-refractivity contribution in [1.82, 2.24) is 4.57 Å². The molecule has 0 aliphatic rings. The number of rotatable bonds is 3. The monoisotopic (exact) mass is 434 g/mol. The average Bonchev–Trinajstić information content (AvgIpc) is 2.79. The molecule has 2 nitrogen and oxygen atoms in total. The van der Waals surface area contributed by atoms with Crippen molar-refractivity contribution in [3.05, 3.63) is 80.1 Å². The number of aryl methyl sites for hydroxylation is 1. The fourth-order valence-electron chi connectivity index (χ4n) is 2.63. The molecule has 2 aromatic carbocycles. The van der Waals surface area contributed by atoms with Gasteiger partial charge in [-0.05, 0) is 78.9 Å². The third-order valence-corrected chi connectivity index (χ3v) is 4.60. The van der Waals surface area contributed by atoms with Gasteiger partial charge in [-0.3, -0.25) is 4.99 Å². The SMILES string of the molecule is Cc1cc(C=Nc2cccc(I)c2)c(C)n1-c1cccc(Cl)c1. The summed E-state index contributed by atoms with van der Waals surface area (Å²) in [5.41, 5.74) is 5.46. The van der Waals surface area contributed by atoms with Gasteiger partial charge in [0.25, 0.3) is 0 Å². The number of aromatic nitrogens is 1. The standard InChI is InChI=1S/C19H16ClIN2/c1-13-9-15(12-22-18-7-4-6-17(21)11-18)14(2)23(13)19-8-3-5-16(20)10-19/h3-12H,1-2H3. The van der Waals surface area contributed by atoms with Crippen molar-refractivity contribution in [1.29, 1.82) is 0 Å². The van der Waals surface area contributed by atoms with Crippen molar-refractivity contribution >= 4 is 46.1 Å². The molecule has 0 unspecified atom stereocenters. The van der Waals surface area contributed by atoms with Crippen LogP contribution in [0.4, 0.5) is 5.69 Å². The van der Waals surface area contributed by atoms with Crippen molar-refractivity contribution < 1.29 is 0 Å². The maximum Gasteiger partial charge on any atom is 0.0640 e. The molecule has 3 aromatic rings. The van der Waals surface area contributed by atoms with Gasteiger partial charge in [-0.1, -0.05) is 23.7 Å². The van der Waals surface area contributed by atoms with E-state index in [4.69, 9.17) is 11.6 Å². The Morgan fingerprint density at radius 3 is 2.57 bits per heavy atom. The van der Waals surface area contributed by atoms with Crippen LogP contribution in [0.2, 0.25) is 5.02 Å². The Labute approximate surface area is 155 Å². The van der Waals surface area contributed by atoms with Crippen molar-refractivity contribution in [3.8, 4) is 5.69 Å². The van der Waals surface area contributed by atoms with Gasteiger partial charge < -0.3 is 4.57 Å². The normalized spacial score (nSPS) is 11.3. The van der Waals surface area contributed by atoms with Crippen LogP contribution < -0.4 is 0 Å². The summed E-state index contributed by atoms with van der Waals surface area (Å²) >= 11 is 8.42. The minimum atomic E-state index is 0.740. The predicted molar refractivity (Wildman–Crippen MR) is 107 cm³/mol. The number of hydrogen-bond donors (Lipinski definition) is 0. The summed E-state index contributed by atoms with van der Waals surface area (Å²) in [7, 11) is 0. The average molecular weight is 435 g/mol. The zero-order valence-electron chi connectivity index (χ0n) is 12.9. The molecule has 0 aliphatic heterocycles. The topological polar surface area (TPSA) is 17.3 Å². The number of aliphatic imine (C=N–C) groups is 1. The first kappa shape index (κ1) is 16.3. The lowest BCUT2D eigenvalue weighted by atomic mass is 10.2. The van der Waals surface area contributed by atoms with E-state index in [1.807, 2.05) is 36.5 Å². The Kier molecular flexibility index (Phi) is 4.87. The summed E-state index contributed by atoms with van der Waals surface area (Å²) in [6.45, 7) is 4.20. The van der Waals surface area contributed by atoms with Crippen LogP contribution in [0.15, 0.2) is 59.6 Å². The number of benzene rings is 2. The van der Waals surface area contributed by atoms with Crippen LogP contribution in [0, 0.1) is 17.4 Å². The Morgan fingerprint density at radius 2 is 1.83 bits per heavy atom. The summed E-state index contributed by atoms with van der Waals surface area (Å²) in [5.74, 6) is 0. The summed E-state index contributed by atoms with van der Waals surface area (Å²) in [6.07, 6.45) is 1.93. The highest BCUT2D eigenvalue weighted by Gasteiger charge is 2.09. The molecule has 116 valence electrons. The Bertz CT molecular complexity index is 881. The fraction of sp³-hybridized carbons (Fsp3) is 0.105. The molecule has 0 radical (unpaired) electrons. The molecule has 0 atom stereocenters. The highest BCUT2D eigenvalue weighted by atomic mass is 127. The lowest BCUT2D eigenvalue weighted by Crippen LogP contribution is -1.99. The molecule has 0 spiro atoms. The Hall–Kier alpha value is -1.59. The molecule has 1 heterocycles. The van der Waals surface area contributed by atoms with E-state index in [0.717, 1.165) is 33.3 Å². The Morgan fingerprint density at radius 1 is 1.04 bits per heavy atom. The molecular weight excluding hydrogens is 419 g/mol. The van der Waals surface area contributed by atoms with Crippen LogP contribution in [0.5, 0.6) is 0 Å². The lowest BCUT2D eigenvalue weighted by Gasteiger charge is -2.09. The molecule has 0 saturated carbocycles. The van der Waals surface area contributed by atoms with E-state index in [-0.39, 0.29) is 0 Å². The van der Waals surface area contributed by atoms with Crippen molar-refractivity contribution in [2.24, 2.45) is 4.99 Å². The van der Waals surface area contributed by atoms with Crippen molar-refractivity contribution in [2.45, 2.75) is 13.8 Å². The van der Waals surface area contributed by atoms with E-state index >= 15 is 0 Å². The molecule has 0 saturated heterocycles. The molecule has 0 N–H and O–H groups in total. The van der Waals surface area contributed by atoms with Crippen molar-refractivity contribution in [3.63, 3.8) is 0 Å². The molecule has 0 aliphatic carbocycles. The first-order chi connectivity index (χ1) is 11.0. The second kappa shape index (κ2) is 6.89. The van der Waals surface area contributed by atoms with E-state index in [1.165, 1.54) is 3.57 Å². The molecule has 0 amide bonds. The molecule has 3 rings (SSSR count). The van der Waals surface area contributed by atoms with Gasteiger partial charge in [0.05, 0.1) is 5.69 Å². The first-order valence-electron chi connectivity index (χ1n) is 7.29. The Balaban J connectivity index is 1.98. The van der Waals surface area contributed by atoms with E-state index in [1.54, 1.807) is 0 Å². The van der Waals surface area contributed by atoms with Gasteiger partial charge in [0.2, 0.25) is 0 Å². The smallest absolute Gasteiger partial charge is 0.0640 e. The van der Waals surface area contributed by atoms with Gasteiger partial charge in [-0.2, -0.15) is 0 Å². The zero-order valence-corrected chi connectivity index (χ0v) is 15.8. The van der Waals surface area contributed by atoms with Crippen LogP contribution in [0.1, 0.15) is 17.0 Å². The van der Waals surface area contributed by atoms with E-state index in [2.05, 4.69) is 70.3 Å². The lowest BCUT2D eigenvalue weighted by molar-refractivity contribution is 0.965. The summed E-state index contributed by atoms with van der Waals surface area (Å²) in [4.78, 5) is 4.59. The molecule has 0 fully saturated rings. The van der Waals surface area contributed by atoms with Crippen LogP contribution in [-0.4, -0.2) is 10.8 Å². The number of nitrogens with zero attached hydrogens (tertiary/aromatic N) is 2. The van der Waals surface area contributed by atoms with E-state index in [9.17, 15) is 0 Å². The van der Waals surface area contributed by atoms with Crippen LogP contribution in [-0.2, 0) is 0 Å². The molecule has 23 heavy (non-hydrogen) atoms. The third kappa shape index (κ3) is 3.67. The highest BCUT2D eigenvalue weighted by Crippen LogP contribution is 2.23. The van der Waals surface area contributed by atoms with Gasteiger partial charge >= 0.3 is 0 Å². The maximum atomic E-state index is 6.12. The first-order valence-corrected chi connectivity index (χ1v) is 8.75. The molecule has 0 bridgehead atoms. The predicted octanol–water partition coefficient (Wildman–Crippen LogP) is 6.10. The fourth-order valence-corrected chi connectivity index (χ4v) is 3.34. The summed E-state index contributed by atoms with van der Waals surface area (Å²) in [6, 6.07) is 18.2. The number of hydrogen-bond acceptors (Lipinski definition) is 1. The maximum absolute atomic E-state index is 6.12.